The Morgan fingerprint density at radius 2 is 1.59 bits per heavy atom. The first kappa shape index (κ1) is 23.2. The van der Waals surface area contributed by atoms with Crippen LogP contribution in [0.2, 0.25) is 0 Å². The summed E-state index contributed by atoms with van der Waals surface area (Å²) in [5, 5.41) is 13.1. The van der Waals surface area contributed by atoms with Gasteiger partial charge in [-0.05, 0) is 65.4 Å². The van der Waals surface area contributed by atoms with Gasteiger partial charge in [0.1, 0.15) is 0 Å². The van der Waals surface area contributed by atoms with E-state index >= 15 is 0 Å². The minimum atomic E-state index is -0.0507. The van der Waals surface area contributed by atoms with Crippen molar-refractivity contribution >= 4 is 34.1 Å². The first-order valence-electron chi connectivity index (χ1n) is 12.9. The molecule has 0 aliphatic carbocycles. The van der Waals surface area contributed by atoms with E-state index in [9.17, 15) is 9.59 Å². The average Bonchev–Trinajstić information content (AvgIpc) is 2.93. The fraction of sp³-hybridized carbons (Fsp3) is 0.267. The number of fused-ring (bicyclic) bond motifs is 1. The molecule has 6 rings (SSSR count). The number of rotatable bonds is 5. The van der Waals surface area contributed by atoms with Crippen LogP contribution in [0, 0.1) is 5.92 Å². The van der Waals surface area contributed by atoms with Crippen molar-refractivity contribution in [3.63, 3.8) is 0 Å². The van der Waals surface area contributed by atoms with Crippen molar-refractivity contribution in [2.24, 2.45) is 5.92 Å². The Kier molecular flexibility index (Phi) is 6.26. The Morgan fingerprint density at radius 3 is 2.35 bits per heavy atom. The van der Waals surface area contributed by atoms with Gasteiger partial charge in [0.25, 0.3) is 5.91 Å². The molecule has 0 spiro atoms. The topological polar surface area (TPSA) is 78.4 Å². The second-order valence-electron chi connectivity index (χ2n) is 9.89. The molecular weight excluding hydrogens is 462 g/mol. The number of nitrogens with zero attached hydrogens (tertiary/aromatic N) is 4. The number of carbonyl (C=O) groups is 2. The van der Waals surface area contributed by atoms with E-state index in [-0.39, 0.29) is 17.7 Å². The van der Waals surface area contributed by atoms with Gasteiger partial charge >= 0.3 is 0 Å². The number of amides is 2. The molecule has 186 valence electrons. The number of hydrogen-bond donors (Lipinski definition) is 1. The molecule has 3 aromatic carbocycles. The number of benzene rings is 3. The van der Waals surface area contributed by atoms with Crippen LogP contribution in [0.5, 0.6) is 0 Å². The predicted molar refractivity (Wildman–Crippen MR) is 145 cm³/mol. The van der Waals surface area contributed by atoms with E-state index in [1.54, 1.807) is 6.20 Å². The highest BCUT2D eigenvalue weighted by Gasteiger charge is 2.33. The second-order valence-corrected chi connectivity index (χ2v) is 9.89. The number of anilines is 2. The molecule has 7 nitrogen and oxygen atoms in total. The van der Waals surface area contributed by atoms with Gasteiger partial charge in [-0.2, -0.15) is 5.10 Å². The Hall–Kier alpha value is -4.26. The molecule has 0 unspecified atom stereocenters. The summed E-state index contributed by atoms with van der Waals surface area (Å²) in [4.78, 5) is 29.9. The standard InChI is InChI=1S/C30H29N5O2/c36-29(24-19-35(20-24)28-9-4-16-31-33-28)32-25-12-10-21(11-13-25)22-14-17-34(18-15-22)30(37)27-8-3-6-23-5-1-2-7-26(23)27/h1-13,16,22,24H,14-15,17-20H2,(H,32,36). The van der Waals surface area contributed by atoms with Crippen molar-refractivity contribution in [2.45, 2.75) is 18.8 Å². The minimum absolute atomic E-state index is 0.0353. The third kappa shape index (κ3) is 4.77. The van der Waals surface area contributed by atoms with Crippen molar-refractivity contribution in [2.75, 3.05) is 36.4 Å². The summed E-state index contributed by atoms with van der Waals surface area (Å²) in [6.45, 7) is 2.79. The fourth-order valence-corrected chi connectivity index (χ4v) is 5.37. The van der Waals surface area contributed by atoms with Gasteiger partial charge in [-0.15, -0.1) is 5.10 Å². The van der Waals surface area contributed by atoms with Crippen molar-refractivity contribution in [3.05, 3.63) is 96.2 Å². The molecule has 1 N–H and O–H groups in total. The average molecular weight is 492 g/mol. The van der Waals surface area contributed by atoms with E-state index < -0.39 is 0 Å². The Morgan fingerprint density at radius 1 is 0.838 bits per heavy atom. The summed E-state index contributed by atoms with van der Waals surface area (Å²) >= 11 is 0. The van der Waals surface area contributed by atoms with Crippen LogP contribution in [0.1, 0.15) is 34.7 Å². The van der Waals surface area contributed by atoms with Crippen LogP contribution in [-0.2, 0) is 4.79 Å². The maximum Gasteiger partial charge on any atom is 0.254 e. The number of likely N-dealkylation sites (tertiary alicyclic amines) is 1. The lowest BCUT2D eigenvalue weighted by atomic mass is 9.89. The molecule has 2 amide bonds. The number of carbonyl (C=O) groups excluding carboxylic acids is 2. The summed E-state index contributed by atoms with van der Waals surface area (Å²) < 4.78 is 0. The van der Waals surface area contributed by atoms with Crippen LogP contribution in [0.3, 0.4) is 0 Å². The lowest BCUT2D eigenvalue weighted by molar-refractivity contribution is -0.120. The highest BCUT2D eigenvalue weighted by atomic mass is 16.2. The molecule has 0 saturated carbocycles. The molecule has 2 saturated heterocycles. The highest BCUT2D eigenvalue weighted by Crippen LogP contribution is 2.31. The number of aromatic nitrogens is 2. The predicted octanol–water partition coefficient (Wildman–Crippen LogP) is 4.72. The zero-order valence-corrected chi connectivity index (χ0v) is 20.6. The summed E-state index contributed by atoms with van der Waals surface area (Å²) in [7, 11) is 0. The molecule has 4 aromatic rings. The quantitative estimate of drug-likeness (QED) is 0.437. The third-order valence-electron chi connectivity index (χ3n) is 7.59. The van der Waals surface area contributed by atoms with E-state index in [1.165, 1.54) is 5.56 Å². The molecule has 3 heterocycles. The van der Waals surface area contributed by atoms with E-state index in [2.05, 4.69) is 32.5 Å². The minimum Gasteiger partial charge on any atom is -0.353 e. The first-order chi connectivity index (χ1) is 18.2. The Labute approximate surface area is 216 Å². The zero-order valence-electron chi connectivity index (χ0n) is 20.6. The molecule has 0 atom stereocenters. The van der Waals surface area contributed by atoms with Crippen molar-refractivity contribution in [1.82, 2.24) is 15.1 Å². The maximum atomic E-state index is 13.3. The number of nitrogens with one attached hydrogen (secondary N) is 1. The molecule has 0 bridgehead atoms. The molecular formula is C30H29N5O2. The largest absolute Gasteiger partial charge is 0.353 e. The van der Waals surface area contributed by atoms with Crippen LogP contribution in [0.25, 0.3) is 10.8 Å². The second kappa shape index (κ2) is 10.0. The molecule has 0 radical (unpaired) electrons. The van der Waals surface area contributed by atoms with Crippen LogP contribution < -0.4 is 10.2 Å². The molecule has 2 aliphatic heterocycles. The summed E-state index contributed by atoms with van der Waals surface area (Å²) in [6.07, 6.45) is 3.51. The lowest BCUT2D eigenvalue weighted by Crippen LogP contribution is -2.52. The molecule has 7 heteroatoms. The van der Waals surface area contributed by atoms with E-state index in [0.29, 0.717) is 19.0 Å². The number of hydrogen-bond acceptors (Lipinski definition) is 5. The van der Waals surface area contributed by atoms with Gasteiger partial charge in [0, 0.05) is 43.6 Å². The van der Waals surface area contributed by atoms with Crippen LogP contribution >= 0.6 is 0 Å². The van der Waals surface area contributed by atoms with Crippen molar-refractivity contribution in [1.29, 1.82) is 0 Å². The summed E-state index contributed by atoms with van der Waals surface area (Å²) in [5.74, 6) is 1.31. The van der Waals surface area contributed by atoms with Gasteiger partial charge in [-0.1, -0.05) is 48.5 Å². The van der Waals surface area contributed by atoms with Crippen LogP contribution in [0.4, 0.5) is 11.5 Å². The van der Waals surface area contributed by atoms with Gasteiger partial charge < -0.3 is 15.1 Å². The normalized spacial score (nSPS) is 16.4. The number of piperidine rings is 1. The fourth-order valence-electron chi connectivity index (χ4n) is 5.37. The first-order valence-corrected chi connectivity index (χ1v) is 12.9. The SMILES string of the molecule is O=C(Nc1ccc(C2CCN(C(=O)c3cccc4ccccc34)CC2)cc1)C1CN(c2cccnn2)C1. The summed E-state index contributed by atoms with van der Waals surface area (Å²) in [6, 6.07) is 25.9. The van der Waals surface area contributed by atoms with E-state index in [4.69, 9.17) is 0 Å². The summed E-state index contributed by atoms with van der Waals surface area (Å²) in [5.41, 5.74) is 2.85. The van der Waals surface area contributed by atoms with Crippen molar-refractivity contribution < 1.29 is 9.59 Å². The van der Waals surface area contributed by atoms with Crippen molar-refractivity contribution in [3.8, 4) is 0 Å². The zero-order chi connectivity index (χ0) is 25.2. The Balaban J connectivity index is 1.02. The van der Waals surface area contributed by atoms with Gasteiger partial charge in [0.2, 0.25) is 5.91 Å². The third-order valence-corrected chi connectivity index (χ3v) is 7.59. The lowest BCUT2D eigenvalue weighted by Gasteiger charge is -2.38. The highest BCUT2D eigenvalue weighted by molar-refractivity contribution is 6.07. The molecule has 2 fully saturated rings. The van der Waals surface area contributed by atoms with Gasteiger partial charge in [-0.25, -0.2) is 0 Å². The van der Waals surface area contributed by atoms with Gasteiger partial charge in [-0.3, -0.25) is 9.59 Å². The smallest absolute Gasteiger partial charge is 0.254 e. The van der Waals surface area contributed by atoms with Crippen LogP contribution in [0.15, 0.2) is 85.1 Å². The van der Waals surface area contributed by atoms with Crippen LogP contribution in [-0.4, -0.2) is 53.1 Å². The Bertz CT molecular complexity index is 1400. The monoisotopic (exact) mass is 491 g/mol. The van der Waals surface area contributed by atoms with E-state index in [0.717, 1.165) is 53.8 Å². The maximum absolute atomic E-state index is 13.3. The molecule has 37 heavy (non-hydrogen) atoms. The van der Waals surface area contributed by atoms with Gasteiger partial charge in [0.15, 0.2) is 5.82 Å². The molecule has 2 aliphatic rings. The van der Waals surface area contributed by atoms with Gasteiger partial charge in [0.05, 0.1) is 5.92 Å². The molecule has 1 aromatic heterocycles. The van der Waals surface area contributed by atoms with E-state index in [1.807, 2.05) is 71.6 Å².